The molecular formula is C21H21N3O4. The van der Waals surface area contributed by atoms with Crippen LogP contribution in [0.15, 0.2) is 51.0 Å². The highest BCUT2D eigenvalue weighted by molar-refractivity contribution is 5.85. The molecule has 0 saturated carbocycles. The van der Waals surface area contributed by atoms with Gasteiger partial charge in [0.2, 0.25) is 5.88 Å². The first-order chi connectivity index (χ1) is 13.3. The predicted octanol–water partition coefficient (Wildman–Crippen LogP) is 2.92. The van der Waals surface area contributed by atoms with Crippen LogP contribution >= 0.6 is 0 Å². The van der Waals surface area contributed by atoms with Gasteiger partial charge in [0.15, 0.2) is 0 Å². The number of methoxy groups -OCH3 is 1. The smallest absolute Gasteiger partial charge is 0.335 e. The van der Waals surface area contributed by atoms with Gasteiger partial charge in [0.05, 0.1) is 12.8 Å². The van der Waals surface area contributed by atoms with Gasteiger partial charge in [-0.25, -0.2) is 9.36 Å². The number of rotatable bonds is 4. The molecule has 0 amide bonds. The van der Waals surface area contributed by atoms with E-state index in [1.807, 2.05) is 32.9 Å². The van der Waals surface area contributed by atoms with E-state index in [0.717, 1.165) is 21.3 Å². The molecule has 0 radical (unpaired) electrons. The molecule has 0 bridgehead atoms. The summed E-state index contributed by atoms with van der Waals surface area (Å²) in [7, 11) is 1.52. The second-order valence-electron chi connectivity index (χ2n) is 6.51. The normalized spacial score (nSPS) is 11.1. The first-order valence-corrected chi connectivity index (χ1v) is 8.67. The van der Waals surface area contributed by atoms with E-state index in [2.05, 4.69) is 9.98 Å². The summed E-state index contributed by atoms with van der Waals surface area (Å²) >= 11 is 0. The predicted molar refractivity (Wildman–Crippen MR) is 109 cm³/mol. The lowest BCUT2D eigenvalue weighted by molar-refractivity contribution is 0.416. The molecule has 0 saturated heterocycles. The van der Waals surface area contributed by atoms with Crippen LogP contribution in [0.4, 0.5) is 5.69 Å². The summed E-state index contributed by atoms with van der Waals surface area (Å²) in [5, 5.41) is 10.7. The topological polar surface area (TPSA) is 96.7 Å². The maximum absolute atomic E-state index is 12.5. The minimum Gasteiger partial charge on any atom is -0.494 e. The van der Waals surface area contributed by atoms with Crippen molar-refractivity contribution >= 4 is 11.9 Å². The monoisotopic (exact) mass is 379 g/mol. The molecule has 28 heavy (non-hydrogen) atoms. The van der Waals surface area contributed by atoms with Gasteiger partial charge in [0.25, 0.3) is 5.56 Å². The van der Waals surface area contributed by atoms with Crippen LogP contribution in [0.1, 0.15) is 22.3 Å². The number of aryl methyl sites for hydroxylation is 3. The van der Waals surface area contributed by atoms with E-state index >= 15 is 0 Å². The molecule has 0 aliphatic carbocycles. The number of nitrogens with one attached hydrogen (secondary N) is 1. The van der Waals surface area contributed by atoms with Crippen LogP contribution in [0.25, 0.3) is 5.69 Å². The van der Waals surface area contributed by atoms with E-state index in [4.69, 9.17) is 4.74 Å². The summed E-state index contributed by atoms with van der Waals surface area (Å²) in [5.41, 5.74) is 2.09. The van der Waals surface area contributed by atoms with Gasteiger partial charge in [-0.1, -0.05) is 29.8 Å². The third kappa shape index (κ3) is 3.46. The molecule has 1 aromatic heterocycles. The zero-order chi connectivity index (χ0) is 20.4. The Balaban J connectivity index is 2.21. The molecule has 7 heteroatoms. The third-order valence-electron chi connectivity index (χ3n) is 4.40. The van der Waals surface area contributed by atoms with Gasteiger partial charge in [-0.3, -0.25) is 14.8 Å². The van der Waals surface area contributed by atoms with Crippen molar-refractivity contribution in [2.75, 3.05) is 7.11 Å². The van der Waals surface area contributed by atoms with Crippen LogP contribution in [0.2, 0.25) is 0 Å². The molecule has 0 atom stereocenters. The maximum atomic E-state index is 12.5. The lowest BCUT2D eigenvalue weighted by atomic mass is 10.0. The highest BCUT2D eigenvalue weighted by Crippen LogP contribution is 2.27. The molecule has 144 valence electrons. The Bertz CT molecular complexity index is 1170. The minimum absolute atomic E-state index is 0.120. The maximum Gasteiger partial charge on any atom is 0.335 e. The molecule has 3 aromatic rings. The van der Waals surface area contributed by atoms with E-state index in [1.165, 1.54) is 13.3 Å². The Kier molecular flexibility index (Phi) is 5.17. The first kappa shape index (κ1) is 19.2. The van der Waals surface area contributed by atoms with Gasteiger partial charge in [-0.05, 0) is 44.0 Å². The molecule has 0 aliphatic rings. The molecular weight excluding hydrogens is 358 g/mol. The molecule has 0 spiro atoms. The van der Waals surface area contributed by atoms with Crippen LogP contribution in [-0.2, 0) is 0 Å². The third-order valence-corrected chi connectivity index (χ3v) is 4.40. The fourth-order valence-electron chi connectivity index (χ4n) is 3.26. The van der Waals surface area contributed by atoms with E-state index in [1.54, 1.807) is 24.3 Å². The summed E-state index contributed by atoms with van der Waals surface area (Å²) in [4.78, 5) is 31.3. The van der Waals surface area contributed by atoms with Gasteiger partial charge in [0.1, 0.15) is 17.0 Å². The second kappa shape index (κ2) is 7.56. The molecule has 2 N–H and O–H groups in total. The van der Waals surface area contributed by atoms with Crippen LogP contribution in [0, 0.1) is 20.8 Å². The highest BCUT2D eigenvalue weighted by Gasteiger charge is 2.17. The number of aliphatic imine (C=N–C) groups is 1. The van der Waals surface area contributed by atoms with Gasteiger partial charge in [-0.15, -0.1) is 0 Å². The number of para-hydroxylation sites is 2. The first-order valence-electron chi connectivity index (χ1n) is 8.67. The molecule has 1 heterocycles. The highest BCUT2D eigenvalue weighted by atomic mass is 16.5. The quantitative estimate of drug-likeness (QED) is 0.681. The molecule has 0 aliphatic heterocycles. The Morgan fingerprint density at radius 3 is 2.39 bits per heavy atom. The van der Waals surface area contributed by atoms with E-state index < -0.39 is 17.1 Å². The van der Waals surface area contributed by atoms with Gasteiger partial charge >= 0.3 is 5.69 Å². The molecule has 2 aromatic carbocycles. The van der Waals surface area contributed by atoms with Crippen LogP contribution in [0.3, 0.4) is 0 Å². The van der Waals surface area contributed by atoms with Gasteiger partial charge in [0, 0.05) is 6.21 Å². The number of hydrogen-bond donors (Lipinski definition) is 2. The Morgan fingerprint density at radius 1 is 1.11 bits per heavy atom. The Hall–Kier alpha value is -3.61. The van der Waals surface area contributed by atoms with Gasteiger partial charge in [-0.2, -0.15) is 0 Å². The molecule has 3 rings (SSSR count). The standard InChI is InChI=1S/C21H21N3O4/c1-12-9-13(2)18(14(3)10-12)24-20(26)15(19(25)23-21(24)27)11-22-16-7-5-6-8-17(16)28-4/h5-11,26H,1-4H3,(H,23,25,27). The average Bonchev–Trinajstić information content (AvgIpc) is 2.63. The second-order valence-corrected chi connectivity index (χ2v) is 6.51. The van der Waals surface area contributed by atoms with Crippen molar-refractivity contribution in [3.8, 4) is 17.3 Å². The SMILES string of the molecule is COc1ccccc1N=Cc1c(O)n(-c2c(C)cc(C)cc2C)c(=O)[nH]c1=O. The van der Waals surface area contributed by atoms with Crippen molar-refractivity contribution in [1.29, 1.82) is 0 Å². The fourth-order valence-corrected chi connectivity index (χ4v) is 3.26. The molecule has 0 fully saturated rings. The zero-order valence-electron chi connectivity index (χ0n) is 16.1. The zero-order valence-corrected chi connectivity index (χ0v) is 16.1. The fraction of sp³-hybridized carbons (Fsp3) is 0.190. The largest absolute Gasteiger partial charge is 0.494 e. The number of ether oxygens (including phenoxy) is 1. The van der Waals surface area contributed by atoms with Crippen molar-refractivity contribution in [3.05, 3.63) is 79.5 Å². The Morgan fingerprint density at radius 2 is 1.75 bits per heavy atom. The number of H-pyrrole nitrogens is 1. The summed E-state index contributed by atoms with van der Waals surface area (Å²) in [6.45, 7) is 5.63. The molecule has 7 nitrogen and oxygen atoms in total. The van der Waals surface area contributed by atoms with Crippen molar-refractivity contribution in [1.82, 2.24) is 9.55 Å². The van der Waals surface area contributed by atoms with Crippen LogP contribution < -0.4 is 16.0 Å². The number of nitrogens with zero attached hydrogens (tertiary/aromatic N) is 2. The number of aromatic amines is 1. The minimum atomic E-state index is -0.722. The lowest BCUT2D eigenvalue weighted by Gasteiger charge is -2.15. The van der Waals surface area contributed by atoms with Crippen LogP contribution in [0.5, 0.6) is 11.6 Å². The number of aromatic hydroxyl groups is 1. The molecule has 0 unspecified atom stereocenters. The lowest BCUT2D eigenvalue weighted by Crippen LogP contribution is -2.32. The number of aromatic nitrogens is 2. The van der Waals surface area contributed by atoms with Crippen LogP contribution in [-0.4, -0.2) is 28.0 Å². The van der Waals surface area contributed by atoms with Crippen molar-refractivity contribution in [2.24, 2.45) is 4.99 Å². The van der Waals surface area contributed by atoms with Crippen molar-refractivity contribution < 1.29 is 9.84 Å². The van der Waals surface area contributed by atoms with Crippen molar-refractivity contribution in [2.45, 2.75) is 20.8 Å². The summed E-state index contributed by atoms with van der Waals surface area (Å²) in [6, 6.07) is 10.8. The average molecular weight is 379 g/mol. The summed E-state index contributed by atoms with van der Waals surface area (Å²) < 4.78 is 6.32. The van der Waals surface area contributed by atoms with Crippen molar-refractivity contribution in [3.63, 3.8) is 0 Å². The van der Waals surface area contributed by atoms with E-state index in [0.29, 0.717) is 17.1 Å². The number of benzene rings is 2. The van der Waals surface area contributed by atoms with Gasteiger partial charge < -0.3 is 9.84 Å². The van der Waals surface area contributed by atoms with E-state index in [-0.39, 0.29) is 5.56 Å². The Labute approximate surface area is 161 Å². The van der Waals surface area contributed by atoms with E-state index in [9.17, 15) is 14.7 Å². The summed E-state index contributed by atoms with van der Waals surface area (Å²) in [5.74, 6) is 0.0515. The number of hydrogen-bond acceptors (Lipinski definition) is 5. The summed E-state index contributed by atoms with van der Waals surface area (Å²) in [6.07, 6.45) is 1.22.